The molecule has 2 aromatic rings. The maximum atomic E-state index is 13.2. The topological polar surface area (TPSA) is 60.9 Å². The molecule has 0 saturated carbocycles. The van der Waals surface area contributed by atoms with Crippen LogP contribution in [0.2, 0.25) is 5.02 Å². The monoisotopic (exact) mass is 447 g/mol. The van der Waals surface area contributed by atoms with Gasteiger partial charge in [0.2, 0.25) is 15.9 Å². The van der Waals surface area contributed by atoms with E-state index in [4.69, 9.17) is 11.6 Å². The van der Waals surface area contributed by atoms with Crippen LogP contribution in [0.4, 0.5) is 0 Å². The Balaban J connectivity index is 1.40. The Morgan fingerprint density at radius 2 is 1.60 bits per heavy atom. The van der Waals surface area contributed by atoms with Crippen LogP contribution in [-0.4, -0.2) is 67.2 Å². The minimum absolute atomic E-state index is 0.0793. The third-order valence-electron chi connectivity index (χ3n) is 5.84. The van der Waals surface area contributed by atoms with E-state index in [1.165, 1.54) is 22.0 Å². The third kappa shape index (κ3) is 4.54. The molecule has 2 aliphatic rings. The molecule has 2 heterocycles. The van der Waals surface area contributed by atoms with E-state index in [-0.39, 0.29) is 10.8 Å². The molecule has 0 aliphatic carbocycles. The fourth-order valence-electron chi connectivity index (χ4n) is 4.20. The molecule has 6 nitrogen and oxygen atoms in total. The van der Waals surface area contributed by atoms with Crippen molar-refractivity contribution < 1.29 is 13.2 Å². The van der Waals surface area contributed by atoms with Crippen LogP contribution in [-0.2, 0) is 21.4 Å². The fraction of sp³-hybridized carbons (Fsp3) is 0.409. The summed E-state index contributed by atoms with van der Waals surface area (Å²) in [5.41, 5.74) is 1.26. The standard InChI is InChI=1S/C22H26ClN3O3S/c23-19-8-10-20(11-9-19)30(28,29)26-12-4-7-21(26)22(27)25-15-13-24(14-16-25)17-18-5-2-1-3-6-18/h1-3,5-6,8-11,21H,4,7,12-17H2. The Labute approximate surface area is 183 Å². The van der Waals surface area contributed by atoms with Crippen molar-refractivity contribution in [2.75, 3.05) is 32.7 Å². The molecule has 8 heteroatoms. The summed E-state index contributed by atoms with van der Waals surface area (Å²) in [4.78, 5) is 17.5. The number of amides is 1. The lowest BCUT2D eigenvalue weighted by atomic mass is 10.1. The van der Waals surface area contributed by atoms with E-state index in [9.17, 15) is 13.2 Å². The van der Waals surface area contributed by atoms with Crippen molar-refractivity contribution in [1.82, 2.24) is 14.1 Å². The highest BCUT2D eigenvalue weighted by Gasteiger charge is 2.41. The minimum atomic E-state index is -3.72. The van der Waals surface area contributed by atoms with Gasteiger partial charge in [-0.2, -0.15) is 4.31 Å². The Bertz CT molecular complexity index is 974. The van der Waals surface area contributed by atoms with E-state index in [1.807, 2.05) is 23.1 Å². The summed E-state index contributed by atoms with van der Waals surface area (Å²) in [5, 5.41) is 0.483. The summed E-state index contributed by atoms with van der Waals surface area (Å²) in [6.07, 6.45) is 1.26. The van der Waals surface area contributed by atoms with Gasteiger partial charge in [0, 0.05) is 44.3 Å². The molecule has 2 saturated heterocycles. The number of benzene rings is 2. The fourth-order valence-corrected chi connectivity index (χ4v) is 5.97. The predicted molar refractivity (Wildman–Crippen MR) is 117 cm³/mol. The molecule has 30 heavy (non-hydrogen) atoms. The van der Waals surface area contributed by atoms with Crippen molar-refractivity contribution in [2.24, 2.45) is 0 Å². The molecule has 0 aromatic heterocycles. The molecular formula is C22H26ClN3O3S. The lowest BCUT2D eigenvalue weighted by molar-refractivity contribution is -0.136. The number of nitrogens with zero attached hydrogens (tertiary/aromatic N) is 3. The van der Waals surface area contributed by atoms with Crippen LogP contribution < -0.4 is 0 Å². The molecule has 160 valence electrons. The molecular weight excluding hydrogens is 422 g/mol. The maximum Gasteiger partial charge on any atom is 0.243 e. The maximum absolute atomic E-state index is 13.2. The molecule has 2 aromatic carbocycles. The van der Waals surface area contributed by atoms with Gasteiger partial charge in [0.15, 0.2) is 0 Å². The number of sulfonamides is 1. The summed E-state index contributed by atoms with van der Waals surface area (Å²) in [6, 6.07) is 15.8. The average molecular weight is 448 g/mol. The highest BCUT2D eigenvalue weighted by atomic mass is 35.5. The van der Waals surface area contributed by atoms with E-state index < -0.39 is 16.1 Å². The van der Waals surface area contributed by atoms with Gasteiger partial charge in [0.05, 0.1) is 4.90 Å². The molecule has 1 amide bonds. The molecule has 0 N–H and O–H groups in total. The van der Waals surface area contributed by atoms with Gasteiger partial charge in [-0.15, -0.1) is 0 Å². The summed E-state index contributed by atoms with van der Waals surface area (Å²) in [6.45, 7) is 4.06. The van der Waals surface area contributed by atoms with Gasteiger partial charge in [-0.1, -0.05) is 41.9 Å². The van der Waals surface area contributed by atoms with Crippen LogP contribution in [0, 0.1) is 0 Å². The van der Waals surface area contributed by atoms with Crippen LogP contribution in [0.3, 0.4) is 0 Å². The second kappa shape index (κ2) is 9.06. The lowest BCUT2D eigenvalue weighted by Crippen LogP contribution is -2.54. The lowest BCUT2D eigenvalue weighted by Gasteiger charge is -2.37. The molecule has 0 radical (unpaired) electrons. The highest BCUT2D eigenvalue weighted by Crippen LogP contribution is 2.28. The van der Waals surface area contributed by atoms with Gasteiger partial charge in [-0.3, -0.25) is 9.69 Å². The number of carbonyl (C=O) groups is 1. The van der Waals surface area contributed by atoms with Crippen molar-refractivity contribution in [3.63, 3.8) is 0 Å². The van der Waals surface area contributed by atoms with E-state index in [0.717, 1.165) is 19.6 Å². The van der Waals surface area contributed by atoms with Gasteiger partial charge in [0.1, 0.15) is 6.04 Å². The zero-order chi connectivity index (χ0) is 21.1. The van der Waals surface area contributed by atoms with E-state index in [2.05, 4.69) is 17.0 Å². The molecule has 2 fully saturated rings. The van der Waals surface area contributed by atoms with Gasteiger partial charge in [-0.25, -0.2) is 8.42 Å². The van der Waals surface area contributed by atoms with Crippen molar-refractivity contribution in [2.45, 2.75) is 30.3 Å². The number of halogens is 1. The second-order valence-electron chi connectivity index (χ2n) is 7.81. The van der Waals surface area contributed by atoms with Gasteiger partial charge in [0.25, 0.3) is 0 Å². The first-order valence-corrected chi connectivity index (χ1v) is 12.1. The van der Waals surface area contributed by atoms with E-state index in [0.29, 0.717) is 37.5 Å². The molecule has 1 unspecified atom stereocenters. The van der Waals surface area contributed by atoms with Crippen LogP contribution in [0.1, 0.15) is 18.4 Å². The predicted octanol–water partition coefficient (Wildman–Crippen LogP) is 2.84. The molecule has 0 spiro atoms. The zero-order valence-corrected chi connectivity index (χ0v) is 18.4. The quantitative estimate of drug-likeness (QED) is 0.707. The van der Waals surface area contributed by atoms with Gasteiger partial charge in [-0.05, 0) is 42.7 Å². The van der Waals surface area contributed by atoms with Crippen molar-refractivity contribution in [3.8, 4) is 0 Å². The minimum Gasteiger partial charge on any atom is -0.339 e. The van der Waals surface area contributed by atoms with Crippen LogP contribution in [0.5, 0.6) is 0 Å². The summed E-state index contributed by atoms with van der Waals surface area (Å²) < 4.78 is 27.6. The highest BCUT2D eigenvalue weighted by molar-refractivity contribution is 7.89. The summed E-state index contributed by atoms with van der Waals surface area (Å²) in [7, 11) is -3.72. The summed E-state index contributed by atoms with van der Waals surface area (Å²) >= 11 is 5.89. The second-order valence-corrected chi connectivity index (χ2v) is 10.1. The largest absolute Gasteiger partial charge is 0.339 e. The SMILES string of the molecule is O=C(C1CCCN1S(=O)(=O)c1ccc(Cl)cc1)N1CCN(Cc2ccccc2)CC1. The first-order valence-electron chi connectivity index (χ1n) is 10.3. The Hall–Kier alpha value is -1.93. The van der Waals surface area contributed by atoms with Gasteiger partial charge >= 0.3 is 0 Å². The number of carbonyl (C=O) groups excluding carboxylic acids is 1. The summed E-state index contributed by atoms with van der Waals surface area (Å²) in [5.74, 6) is -0.0793. The van der Waals surface area contributed by atoms with Crippen molar-refractivity contribution in [1.29, 1.82) is 0 Å². The van der Waals surface area contributed by atoms with Gasteiger partial charge < -0.3 is 4.90 Å². The Morgan fingerprint density at radius 1 is 0.933 bits per heavy atom. The van der Waals surface area contributed by atoms with Crippen molar-refractivity contribution in [3.05, 3.63) is 65.2 Å². The molecule has 2 aliphatic heterocycles. The van der Waals surface area contributed by atoms with Crippen molar-refractivity contribution >= 4 is 27.5 Å². The van der Waals surface area contributed by atoms with Crippen LogP contribution >= 0.6 is 11.6 Å². The number of hydrogen-bond acceptors (Lipinski definition) is 4. The number of rotatable bonds is 5. The first-order chi connectivity index (χ1) is 14.4. The Morgan fingerprint density at radius 3 is 2.27 bits per heavy atom. The average Bonchev–Trinajstić information content (AvgIpc) is 3.26. The van der Waals surface area contributed by atoms with E-state index >= 15 is 0 Å². The van der Waals surface area contributed by atoms with E-state index in [1.54, 1.807) is 12.1 Å². The third-order valence-corrected chi connectivity index (χ3v) is 8.02. The van der Waals surface area contributed by atoms with Crippen LogP contribution in [0.15, 0.2) is 59.5 Å². The molecule has 0 bridgehead atoms. The number of piperazine rings is 1. The number of hydrogen-bond donors (Lipinski definition) is 0. The molecule has 4 rings (SSSR count). The Kier molecular flexibility index (Phi) is 6.43. The first kappa shape index (κ1) is 21.3. The normalized spacial score (nSPS) is 21.1. The van der Waals surface area contributed by atoms with Crippen LogP contribution in [0.25, 0.3) is 0 Å². The smallest absolute Gasteiger partial charge is 0.243 e. The molecule has 1 atom stereocenters. The zero-order valence-electron chi connectivity index (χ0n) is 16.8.